The molecule has 0 saturated heterocycles. The van der Waals surface area contributed by atoms with Crippen molar-refractivity contribution < 1.29 is 18.3 Å². The van der Waals surface area contributed by atoms with Crippen molar-refractivity contribution in [3.05, 3.63) is 58.6 Å². The fraction of sp³-hybridized carbons (Fsp3) is 0.294. The van der Waals surface area contributed by atoms with E-state index in [1.54, 1.807) is 44.4 Å². The van der Waals surface area contributed by atoms with Crippen LogP contribution in [0, 0.1) is 0 Å². The Kier molecular flexibility index (Phi) is 6.03. The lowest BCUT2D eigenvalue weighted by Gasteiger charge is -2.24. The van der Waals surface area contributed by atoms with Gasteiger partial charge in [0.2, 0.25) is 10.0 Å². The summed E-state index contributed by atoms with van der Waals surface area (Å²) >= 11 is 3.23. The topological polar surface area (TPSA) is 75.6 Å². The summed E-state index contributed by atoms with van der Waals surface area (Å²) in [6, 6.07) is 13.8. The van der Waals surface area contributed by atoms with E-state index in [-0.39, 0.29) is 11.4 Å². The summed E-state index contributed by atoms with van der Waals surface area (Å²) in [6.07, 6.45) is 0.315. The molecule has 0 amide bonds. The first-order valence-corrected chi connectivity index (χ1v) is 9.61. The molecule has 0 spiro atoms. The lowest BCUT2D eigenvalue weighted by atomic mass is 9.97. The predicted molar refractivity (Wildman–Crippen MR) is 96.7 cm³/mol. The number of benzene rings is 2. The highest BCUT2D eigenvalue weighted by Crippen LogP contribution is 2.22. The van der Waals surface area contributed by atoms with E-state index in [1.807, 2.05) is 12.1 Å². The maximum atomic E-state index is 12.4. The second-order valence-corrected chi connectivity index (χ2v) is 8.37. The van der Waals surface area contributed by atoms with Crippen molar-refractivity contribution >= 4 is 26.0 Å². The SMILES string of the molecule is COc1ccc(C[C@@](C)(O)CNS(=O)(=O)c2ccccc2Br)cc1. The molecular formula is C17H20BrNO4S. The number of nitrogens with one attached hydrogen (secondary N) is 1. The zero-order valence-corrected chi connectivity index (χ0v) is 15.9. The van der Waals surface area contributed by atoms with Crippen LogP contribution in [-0.2, 0) is 16.4 Å². The van der Waals surface area contributed by atoms with Crippen LogP contribution in [0.5, 0.6) is 5.75 Å². The molecule has 0 aromatic heterocycles. The minimum Gasteiger partial charge on any atom is -0.497 e. The Hall–Kier alpha value is -1.41. The number of methoxy groups -OCH3 is 1. The van der Waals surface area contributed by atoms with Crippen LogP contribution in [0.3, 0.4) is 0 Å². The van der Waals surface area contributed by atoms with Crippen LogP contribution in [-0.4, -0.2) is 32.8 Å². The number of hydrogen-bond donors (Lipinski definition) is 2. The summed E-state index contributed by atoms with van der Waals surface area (Å²) in [7, 11) is -2.12. The number of halogens is 1. The standard InChI is InChI=1S/C17H20BrNO4S/c1-17(20,11-13-7-9-14(23-2)10-8-13)12-19-24(21,22)16-6-4-3-5-15(16)18/h3-10,19-20H,11-12H2,1-2H3/t17-/m1/s1. The third kappa shape index (κ3) is 5.04. The van der Waals surface area contributed by atoms with E-state index in [0.29, 0.717) is 10.9 Å². The highest BCUT2D eigenvalue weighted by molar-refractivity contribution is 9.10. The average molecular weight is 414 g/mol. The summed E-state index contributed by atoms with van der Waals surface area (Å²) in [4.78, 5) is 0.144. The molecule has 24 heavy (non-hydrogen) atoms. The highest BCUT2D eigenvalue weighted by atomic mass is 79.9. The number of hydrogen-bond acceptors (Lipinski definition) is 4. The molecule has 0 fully saturated rings. The monoisotopic (exact) mass is 413 g/mol. The number of ether oxygens (including phenoxy) is 1. The lowest BCUT2D eigenvalue weighted by Crippen LogP contribution is -2.42. The van der Waals surface area contributed by atoms with Gasteiger partial charge in [-0.25, -0.2) is 13.1 Å². The molecule has 2 rings (SSSR count). The molecule has 7 heteroatoms. The second-order valence-electron chi connectivity index (χ2n) is 5.78. The van der Waals surface area contributed by atoms with Gasteiger partial charge in [0.1, 0.15) is 5.75 Å². The zero-order chi connectivity index (χ0) is 17.8. The molecule has 2 aromatic rings. The molecule has 130 valence electrons. The van der Waals surface area contributed by atoms with E-state index in [4.69, 9.17) is 4.74 Å². The van der Waals surface area contributed by atoms with Crippen LogP contribution in [0.25, 0.3) is 0 Å². The Morgan fingerprint density at radius 3 is 2.38 bits per heavy atom. The first kappa shape index (κ1) is 18.9. The van der Waals surface area contributed by atoms with Gasteiger partial charge in [0, 0.05) is 17.4 Å². The van der Waals surface area contributed by atoms with E-state index in [1.165, 1.54) is 6.07 Å². The van der Waals surface area contributed by atoms with Crippen molar-refractivity contribution in [1.82, 2.24) is 4.72 Å². The molecule has 0 unspecified atom stereocenters. The van der Waals surface area contributed by atoms with Crippen molar-refractivity contribution in [2.45, 2.75) is 23.8 Å². The second kappa shape index (κ2) is 7.65. The summed E-state index contributed by atoms with van der Waals surface area (Å²) in [5.74, 6) is 0.730. The van der Waals surface area contributed by atoms with Gasteiger partial charge >= 0.3 is 0 Å². The quantitative estimate of drug-likeness (QED) is 0.731. The van der Waals surface area contributed by atoms with Crippen molar-refractivity contribution in [2.75, 3.05) is 13.7 Å². The van der Waals surface area contributed by atoms with E-state index in [9.17, 15) is 13.5 Å². The van der Waals surface area contributed by atoms with Gasteiger partial charge in [-0.3, -0.25) is 0 Å². The summed E-state index contributed by atoms with van der Waals surface area (Å²) in [6.45, 7) is 1.50. The Bertz CT molecular complexity index is 788. The summed E-state index contributed by atoms with van der Waals surface area (Å²) < 4.78 is 32.8. The fourth-order valence-electron chi connectivity index (χ4n) is 2.24. The van der Waals surface area contributed by atoms with Gasteiger partial charge in [0.05, 0.1) is 17.6 Å². The van der Waals surface area contributed by atoms with E-state index < -0.39 is 15.6 Å². The first-order chi connectivity index (χ1) is 11.2. The Morgan fingerprint density at radius 2 is 1.79 bits per heavy atom. The molecule has 2 N–H and O–H groups in total. The van der Waals surface area contributed by atoms with Gasteiger partial charge < -0.3 is 9.84 Å². The van der Waals surface area contributed by atoms with Crippen LogP contribution < -0.4 is 9.46 Å². The molecule has 1 atom stereocenters. The van der Waals surface area contributed by atoms with Gasteiger partial charge in [-0.2, -0.15) is 0 Å². The van der Waals surface area contributed by atoms with Crippen molar-refractivity contribution in [3.8, 4) is 5.75 Å². The van der Waals surface area contributed by atoms with Gasteiger partial charge in [-0.15, -0.1) is 0 Å². The number of aliphatic hydroxyl groups is 1. The van der Waals surface area contributed by atoms with Gasteiger partial charge in [-0.1, -0.05) is 24.3 Å². The smallest absolute Gasteiger partial charge is 0.241 e. The summed E-state index contributed by atoms with van der Waals surface area (Å²) in [5, 5.41) is 10.5. The minimum atomic E-state index is -3.70. The number of sulfonamides is 1. The normalized spacial score (nSPS) is 14.2. The Labute approximate surface area is 150 Å². The molecule has 2 aromatic carbocycles. The van der Waals surface area contributed by atoms with Crippen molar-refractivity contribution in [3.63, 3.8) is 0 Å². The molecule has 0 radical (unpaired) electrons. The minimum absolute atomic E-state index is 0.0945. The lowest BCUT2D eigenvalue weighted by molar-refractivity contribution is 0.0657. The molecule has 0 aliphatic heterocycles. The third-order valence-corrected chi connectivity index (χ3v) is 5.93. The summed E-state index contributed by atoms with van der Waals surface area (Å²) in [5.41, 5.74) is -0.330. The van der Waals surface area contributed by atoms with E-state index in [0.717, 1.165) is 11.3 Å². The molecule has 0 aliphatic rings. The zero-order valence-electron chi connectivity index (χ0n) is 13.5. The molecule has 0 heterocycles. The predicted octanol–water partition coefficient (Wildman–Crippen LogP) is 2.73. The Balaban J connectivity index is 2.04. The molecule has 0 saturated carbocycles. The largest absolute Gasteiger partial charge is 0.497 e. The van der Waals surface area contributed by atoms with Crippen LogP contribution >= 0.6 is 15.9 Å². The fourth-order valence-corrected chi connectivity index (χ4v) is 4.40. The highest BCUT2D eigenvalue weighted by Gasteiger charge is 2.25. The van der Waals surface area contributed by atoms with Crippen LogP contribution in [0.1, 0.15) is 12.5 Å². The van der Waals surface area contributed by atoms with Crippen LogP contribution in [0.15, 0.2) is 57.9 Å². The van der Waals surface area contributed by atoms with E-state index in [2.05, 4.69) is 20.7 Å². The maximum absolute atomic E-state index is 12.4. The molecular weight excluding hydrogens is 394 g/mol. The number of rotatable bonds is 7. The van der Waals surface area contributed by atoms with Gasteiger partial charge in [0.15, 0.2) is 0 Å². The first-order valence-electron chi connectivity index (χ1n) is 7.33. The molecule has 0 aliphatic carbocycles. The van der Waals surface area contributed by atoms with Gasteiger partial charge in [-0.05, 0) is 52.7 Å². The Morgan fingerprint density at radius 1 is 1.17 bits per heavy atom. The molecule has 0 bridgehead atoms. The molecule has 5 nitrogen and oxygen atoms in total. The third-order valence-electron chi connectivity index (χ3n) is 3.51. The van der Waals surface area contributed by atoms with Crippen molar-refractivity contribution in [1.29, 1.82) is 0 Å². The average Bonchev–Trinajstić information content (AvgIpc) is 2.54. The van der Waals surface area contributed by atoms with Crippen molar-refractivity contribution in [2.24, 2.45) is 0 Å². The van der Waals surface area contributed by atoms with E-state index >= 15 is 0 Å². The van der Waals surface area contributed by atoms with Crippen LogP contribution in [0.2, 0.25) is 0 Å². The maximum Gasteiger partial charge on any atom is 0.241 e. The van der Waals surface area contributed by atoms with Crippen LogP contribution in [0.4, 0.5) is 0 Å². The van der Waals surface area contributed by atoms with Gasteiger partial charge in [0.25, 0.3) is 0 Å².